The lowest BCUT2D eigenvalue weighted by atomic mass is 9.39. The van der Waals surface area contributed by atoms with Gasteiger partial charge >= 0.3 is 13.7 Å². The number of fused-ring (bicyclic) bond motifs is 16. The first-order valence-corrected chi connectivity index (χ1v) is 20.8. The van der Waals surface area contributed by atoms with Crippen molar-refractivity contribution in [3.05, 3.63) is 188 Å². The molecule has 15 rings (SSSR count). The van der Waals surface area contributed by atoms with Gasteiger partial charge in [0.15, 0.2) is 0 Å². The molecule has 268 valence electrons. The molecule has 6 heterocycles. The molecule has 0 fully saturated rings. The molecule has 0 amide bonds. The van der Waals surface area contributed by atoms with E-state index in [1.807, 2.05) is 0 Å². The summed E-state index contributed by atoms with van der Waals surface area (Å²) in [5, 5.41) is 5.25. The first-order chi connectivity index (χ1) is 29.3. The summed E-state index contributed by atoms with van der Waals surface area (Å²) in [6, 6.07) is 71.0. The molecule has 4 aliphatic heterocycles. The van der Waals surface area contributed by atoms with Crippen molar-refractivity contribution in [2.45, 2.75) is 0 Å². The fraction of sp³-hybridized carbons (Fsp3) is 0. The Labute approximate surface area is 341 Å². The minimum Gasteiger partial charge on any atom is -0.375 e. The lowest BCUT2D eigenvalue weighted by Crippen LogP contribution is -2.64. The smallest absolute Gasteiger partial charge is 0.333 e. The van der Waals surface area contributed by atoms with E-state index in [-0.39, 0.29) is 13.7 Å². The summed E-state index contributed by atoms with van der Waals surface area (Å²) >= 11 is 0. The standard InChI is InChI=1S/C54H31B2N3/c1-3-13-32(14-4-1)34-25-27-44-48(29-34)57-49-30-35(33-15-5-2-6-16-33)26-28-45(49)56-51-43(41-22-12-20-39-37-18-8-10-24-47(37)59(56)53(39)41)31-42-40-21-11-19-38-36-17-7-9-23-46(36)58(52(38)40)55(44)50(42)54(51)57/h1-31H. The molecule has 0 atom stereocenters. The molecule has 2 aromatic heterocycles. The fourth-order valence-corrected chi connectivity index (χ4v) is 11.8. The van der Waals surface area contributed by atoms with Crippen LogP contribution in [0.15, 0.2) is 188 Å². The second-order valence-corrected chi connectivity index (χ2v) is 16.7. The van der Waals surface area contributed by atoms with Gasteiger partial charge in [0, 0.05) is 71.8 Å². The monoisotopic (exact) mass is 743 g/mol. The second-order valence-electron chi connectivity index (χ2n) is 16.7. The number of anilines is 3. The van der Waals surface area contributed by atoms with Crippen LogP contribution in [0.5, 0.6) is 0 Å². The van der Waals surface area contributed by atoms with E-state index in [9.17, 15) is 0 Å². The highest BCUT2D eigenvalue weighted by atomic mass is 15.2. The highest BCUT2D eigenvalue weighted by molar-refractivity contribution is 6.95. The van der Waals surface area contributed by atoms with Crippen LogP contribution in [-0.2, 0) is 0 Å². The van der Waals surface area contributed by atoms with Gasteiger partial charge in [-0.3, -0.25) is 0 Å². The molecule has 0 spiro atoms. The van der Waals surface area contributed by atoms with Crippen LogP contribution in [0, 0.1) is 0 Å². The second kappa shape index (κ2) is 10.7. The first kappa shape index (κ1) is 30.6. The molecular weight excluding hydrogens is 712 g/mol. The van der Waals surface area contributed by atoms with Crippen LogP contribution in [0.2, 0.25) is 0 Å². The van der Waals surface area contributed by atoms with E-state index in [1.54, 1.807) is 0 Å². The zero-order chi connectivity index (χ0) is 38.1. The predicted molar refractivity (Wildman–Crippen MR) is 250 cm³/mol. The van der Waals surface area contributed by atoms with Gasteiger partial charge in [0.05, 0.1) is 0 Å². The van der Waals surface area contributed by atoms with Crippen LogP contribution >= 0.6 is 0 Å². The summed E-state index contributed by atoms with van der Waals surface area (Å²) < 4.78 is 5.38. The third-order valence-corrected chi connectivity index (χ3v) is 14.1. The number of hydrogen-bond donors (Lipinski definition) is 0. The Bertz CT molecular complexity index is 3450. The zero-order valence-electron chi connectivity index (χ0n) is 31.9. The van der Waals surface area contributed by atoms with Crippen LogP contribution < -0.4 is 26.8 Å². The minimum absolute atomic E-state index is 0.0169. The van der Waals surface area contributed by atoms with Gasteiger partial charge in [-0.05, 0) is 85.6 Å². The molecule has 0 radical (unpaired) electrons. The summed E-state index contributed by atoms with van der Waals surface area (Å²) in [7, 11) is 0. The van der Waals surface area contributed by atoms with E-state index >= 15 is 0 Å². The Hall–Kier alpha value is -7.49. The Morgan fingerprint density at radius 1 is 0.322 bits per heavy atom. The average Bonchev–Trinajstić information content (AvgIpc) is 3.83. The zero-order valence-corrected chi connectivity index (χ0v) is 31.9. The van der Waals surface area contributed by atoms with Crippen LogP contribution in [0.1, 0.15) is 0 Å². The number of benzene rings is 9. The maximum atomic E-state index is 2.69. The van der Waals surface area contributed by atoms with Crippen molar-refractivity contribution in [3.8, 4) is 44.5 Å². The highest BCUT2D eigenvalue weighted by Gasteiger charge is 2.51. The van der Waals surface area contributed by atoms with E-state index in [0.29, 0.717) is 0 Å². The van der Waals surface area contributed by atoms with E-state index in [4.69, 9.17) is 0 Å². The van der Waals surface area contributed by atoms with E-state index < -0.39 is 0 Å². The van der Waals surface area contributed by atoms with Crippen LogP contribution in [0.25, 0.3) is 88.1 Å². The minimum atomic E-state index is -0.0169. The lowest BCUT2D eigenvalue weighted by Gasteiger charge is -2.47. The molecule has 0 unspecified atom stereocenters. The molecule has 4 aliphatic rings. The molecule has 59 heavy (non-hydrogen) atoms. The van der Waals surface area contributed by atoms with Gasteiger partial charge < -0.3 is 13.9 Å². The summed E-state index contributed by atoms with van der Waals surface area (Å²) in [6.45, 7) is -0.0338. The quantitative estimate of drug-likeness (QED) is 0.161. The molecular formula is C54H31B2N3. The highest BCUT2D eigenvalue weighted by Crippen LogP contribution is 2.51. The normalized spacial score (nSPS) is 13.7. The van der Waals surface area contributed by atoms with Gasteiger partial charge in [-0.15, -0.1) is 0 Å². The Morgan fingerprint density at radius 3 is 1.25 bits per heavy atom. The fourth-order valence-electron chi connectivity index (χ4n) is 11.8. The third-order valence-electron chi connectivity index (χ3n) is 14.1. The van der Waals surface area contributed by atoms with Gasteiger partial charge in [-0.2, -0.15) is 0 Å². The molecule has 0 saturated carbocycles. The van der Waals surface area contributed by atoms with Crippen LogP contribution in [0.3, 0.4) is 0 Å². The number of para-hydroxylation sites is 4. The molecule has 0 N–H and O–H groups in total. The number of rotatable bonds is 2. The van der Waals surface area contributed by atoms with E-state index in [2.05, 4.69) is 202 Å². The van der Waals surface area contributed by atoms with Gasteiger partial charge in [0.2, 0.25) is 0 Å². The Balaban J connectivity index is 1.17. The van der Waals surface area contributed by atoms with Gasteiger partial charge in [0.25, 0.3) is 0 Å². The first-order valence-electron chi connectivity index (χ1n) is 20.8. The van der Waals surface area contributed by atoms with Gasteiger partial charge in [-0.1, -0.05) is 158 Å². The molecule has 9 aromatic carbocycles. The van der Waals surface area contributed by atoms with Crippen molar-refractivity contribution >= 4 is 96.2 Å². The number of hydrogen-bond acceptors (Lipinski definition) is 1. The van der Waals surface area contributed by atoms with Crippen molar-refractivity contribution in [1.29, 1.82) is 0 Å². The van der Waals surface area contributed by atoms with Crippen molar-refractivity contribution in [2.24, 2.45) is 0 Å². The SMILES string of the molecule is c1ccc(-c2ccc3c(c2)N2c4cc(-c5ccccc5)ccc4B4c5c(cc6c(c52)B3n2c3ccccc3c3cccc-6c32)-c2cccc3c5ccccc5n4c23)cc1. The van der Waals surface area contributed by atoms with Crippen molar-refractivity contribution < 1.29 is 0 Å². The van der Waals surface area contributed by atoms with Crippen LogP contribution in [-0.4, -0.2) is 22.7 Å². The van der Waals surface area contributed by atoms with Crippen molar-refractivity contribution in [1.82, 2.24) is 8.96 Å². The summed E-state index contributed by atoms with van der Waals surface area (Å²) in [5.41, 5.74) is 24.7. The summed E-state index contributed by atoms with van der Waals surface area (Å²) in [5.74, 6) is 0. The van der Waals surface area contributed by atoms with Crippen molar-refractivity contribution in [3.63, 3.8) is 0 Å². The van der Waals surface area contributed by atoms with Gasteiger partial charge in [-0.25, -0.2) is 0 Å². The third kappa shape index (κ3) is 3.65. The average molecular weight is 743 g/mol. The van der Waals surface area contributed by atoms with Crippen molar-refractivity contribution in [2.75, 3.05) is 4.90 Å². The topological polar surface area (TPSA) is 13.1 Å². The maximum absolute atomic E-state index is 2.69. The molecule has 0 bridgehead atoms. The number of aromatic nitrogens is 2. The lowest BCUT2D eigenvalue weighted by molar-refractivity contribution is 1.24. The molecule has 11 aromatic rings. The van der Waals surface area contributed by atoms with E-state index in [1.165, 1.54) is 127 Å². The van der Waals surface area contributed by atoms with Gasteiger partial charge in [0.1, 0.15) is 0 Å². The molecule has 5 heteroatoms. The largest absolute Gasteiger partial charge is 0.375 e. The number of nitrogens with zero attached hydrogens (tertiary/aromatic N) is 3. The Morgan fingerprint density at radius 2 is 0.763 bits per heavy atom. The van der Waals surface area contributed by atoms with E-state index in [0.717, 1.165) is 0 Å². The Kier molecular flexibility index (Phi) is 5.56. The molecule has 3 nitrogen and oxygen atoms in total. The van der Waals surface area contributed by atoms with Crippen LogP contribution in [0.4, 0.5) is 17.1 Å². The molecule has 0 saturated heterocycles. The molecule has 0 aliphatic carbocycles. The summed E-state index contributed by atoms with van der Waals surface area (Å²) in [6.07, 6.45) is 0. The summed E-state index contributed by atoms with van der Waals surface area (Å²) in [4.78, 5) is 2.68. The maximum Gasteiger partial charge on any atom is 0.333 e. The predicted octanol–water partition coefficient (Wildman–Crippen LogP) is 10.6.